The average molecular weight is 541 g/mol. The summed E-state index contributed by atoms with van der Waals surface area (Å²) in [6, 6.07) is 21.2. The molecule has 0 radical (unpaired) electrons. The summed E-state index contributed by atoms with van der Waals surface area (Å²) in [5.41, 5.74) is 2.31. The molecule has 0 saturated carbocycles. The van der Waals surface area contributed by atoms with Crippen LogP contribution in [0.5, 0.6) is 0 Å². The second-order valence-electron chi connectivity index (χ2n) is 9.08. The number of anilines is 1. The third-order valence-electron chi connectivity index (χ3n) is 6.09. The van der Waals surface area contributed by atoms with Crippen LogP contribution in [0, 0.1) is 12.7 Å². The van der Waals surface area contributed by atoms with Gasteiger partial charge in [-0.05, 0) is 30.2 Å². The molecule has 1 unspecified atom stereocenters. The molecule has 10 heteroatoms. The van der Waals surface area contributed by atoms with Crippen LogP contribution in [0.1, 0.15) is 16.7 Å². The highest BCUT2D eigenvalue weighted by Gasteiger charge is 2.35. The molecule has 0 heterocycles. The van der Waals surface area contributed by atoms with Gasteiger partial charge in [0.1, 0.15) is 18.4 Å². The van der Waals surface area contributed by atoms with Gasteiger partial charge in [0.25, 0.3) is 0 Å². The molecule has 3 aromatic rings. The summed E-state index contributed by atoms with van der Waals surface area (Å²) in [5.74, 6) is -1.84. The van der Waals surface area contributed by atoms with E-state index in [4.69, 9.17) is 0 Å². The van der Waals surface area contributed by atoms with Crippen molar-refractivity contribution >= 4 is 27.7 Å². The lowest BCUT2D eigenvalue weighted by atomic mass is 10.0. The third-order valence-corrected chi connectivity index (χ3v) is 7.90. The van der Waals surface area contributed by atoms with Crippen LogP contribution in [0.4, 0.5) is 10.1 Å². The Morgan fingerprint density at radius 1 is 0.921 bits per heavy atom. The van der Waals surface area contributed by atoms with Gasteiger partial charge >= 0.3 is 10.2 Å². The van der Waals surface area contributed by atoms with Crippen molar-refractivity contribution < 1.29 is 22.4 Å². The number of nitrogens with zero attached hydrogens (tertiary/aromatic N) is 3. The number of para-hydroxylation sites is 1. The number of carbonyl (C=O) groups is 2. The van der Waals surface area contributed by atoms with Gasteiger partial charge in [0, 0.05) is 34.1 Å². The van der Waals surface area contributed by atoms with Gasteiger partial charge in [-0.1, -0.05) is 72.3 Å². The molecule has 0 aliphatic rings. The molecule has 0 saturated heterocycles. The Bertz CT molecular complexity index is 1370. The van der Waals surface area contributed by atoms with E-state index >= 15 is 0 Å². The van der Waals surface area contributed by atoms with Crippen LogP contribution in [0.25, 0.3) is 0 Å². The molecule has 1 N–H and O–H groups in total. The lowest BCUT2D eigenvalue weighted by molar-refractivity contribution is -0.139. The van der Waals surface area contributed by atoms with Crippen molar-refractivity contribution in [2.24, 2.45) is 0 Å². The molecule has 8 nitrogen and oxygen atoms in total. The zero-order valence-corrected chi connectivity index (χ0v) is 22.8. The molecule has 0 bridgehead atoms. The lowest BCUT2D eigenvalue weighted by Gasteiger charge is -2.34. The standard InChI is InChI=1S/C28H33FN4O4S/c1-21-11-10-14-23(17-21)19-32(26(28(35)30-2)18-22-12-6-5-7-13-22)27(34)20-33(38(36,37)31(3)4)25-16-9-8-15-24(25)29/h5-17,26H,18-20H2,1-4H3,(H,30,35). The quantitative estimate of drug-likeness (QED) is 0.405. The first-order valence-corrected chi connectivity index (χ1v) is 13.5. The zero-order valence-electron chi connectivity index (χ0n) is 22.0. The second-order valence-corrected chi connectivity index (χ2v) is 11.1. The number of likely N-dealkylation sites (N-methyl/N-ethyl adjacent to an activating group) is 1. The maximum Gasteiger partial charge on any atom is 0.304 e. The fraction of sp³-hybridized carbons (Fsp3) is 0.286. The van der Waals surface area contributed by atoms with Gasteiger partial charge in [0.2, 0.25) is 11.8 Å². The molecular formula is C28H33FN4O4S. The number of rotatable bonds is 11. The summed E-state index contributed by atoms with van der Waals surface area (Å²) in [7, 11) is -0.158. The lowest BCUT2D eigenvalue weighted by Crippen LogP contribution is -2.54. The first-order valence-electron chi connectivity index (χ1n) is 12.1. The molecule has 2 amide bonds. The summed E-state index contributed by atoms with van der Waals surface area (Å²) in [4.78, 5) is 28.4. The van der Waals surface area contributed by atoms with Crippen molar-refractivity contribution in [2.75, 3.05) is 32.0 Å². The average Bonchev–Trinajstić information content (AvgIpc) is 2.89. The third kappa shape index (κ3) is 6.96. The Balaban J connectivity index is 2.08. The minimum Gasteiger partial charge on any atom is -0.357 e. The highest BCUT2D eigenvalue weighted by Crippen LogP contribution is 2.24. The Morgan fingerprint density at radius 2 is 1.55 bits per heavy atom. The van der Waals surface area contributed by atoms with Crippen LogP contribution < -0.4 is 9.62 Å². The van der Waals surface area contributed by atoms with Crippen molar-refractivity contribution in [3.8, 4) is 0 Å². The smallest absolute Gasteiger partial charge is 0.304 e. The molecule has 0 aliphatic heterocycles. The predicted octanol–water partition coefficient (Wildman–Crippen LogP) is 3.13. The number of benzene rings is 3. The summed E-state index contributed by atoms with van der Waals surface area (Å²) < 4.78 is 42.9. The van der Waals surface area contributed by atoms with Crippen molar-refractivity contribution in [3.05, 3.63) is 101 Å². The highest BCUT2D eigenvalue weighted by molar-refractivity contribution is 7.90. The molecular weight excluding hydrogens is 507 g/mol. The van der Waals surface area contributed by atoms with Crippen LogP contribution in [0.15, 0.2) is 78.9 Å². The number of hydrogen-bond donors (Lipinski definition) is 1. The monoisotopic (exact) mass is 540 g/mol. The van der Waals surface area contributed by atoms with E-state index in [0.717, 1.165) is 31.4 Å². The van der Waals surface area contributed by atoms with E-state index in [1.807, 2.05) is 61.5 Å². The Morgan fingerprint density at radius 3 is 2.16 bits per heavy atom. The molecule has 3 aromatic carbocycles. The van der Waals surface area contributed by atoms with E-state index in [9.17, 15) is 22.4 Å². The minimum atomic E-state index is -4.25. The van der Waals surface area contributed by atoms with Crippen LogP contribution in [-0.2, 0) is 32.8 Å². The minimum absolute atomic E-state index is 0.0541. The number of carbonyl (C=O) groups excluding carboxylic acids is 2. The number of halogens is 1. The van der Waals surface area contributed by atoms with E-state index < -0.39 is 40.4 Å². The number of nitrogens with one attached hydrogen (secondary N) is 1. The topological polar surface area (TPSA) is 90.0 Å². The van der Waals surface area contributed by atoms with Gasteiger partial charge in [-0.15, -0.1) is 0 Å². The molecule has 0 fully saturated rings. The van der Waals surface area contributed by atoms with Crippen molar-refractivity contribution in [1.29, 1.82) is 0 Å². The first-order chi connectivity index (χ1) is 18.0. The van der Waals surface area contributed by atoms with Gasteiger partial charge in [-0.25, -0.2) is 8.70 Å². The number of aryl methyl sites for hydroxylation is 1. The SMILES string of the molecule is CNC(=O)C(Cc1ccccc1)N(Cc1cccc(C)c1)C(=O)CN(c1ccccc1F)S(=O)(=O)N(C)C. The normalized spacial score (nSPS) is 12.2. The van der Waals surface area contributed by atoms with Crippen molar-refractivity contribution in [2.45, 2.75) is 25.9 Å². The van der Waals surface area contributed by atoms with Gasteiger partial charge in [0.15, 0.2) is 0 Å². The largest absolute Gasteiger partial charge is 0.357 e. The van der Waals surface area contributed by atoms with Gasteiger partial charge < -0.3 is 10.2 Å². The Kier molecular flexibility index (Phi) is 9.60. The number of amides is 2. The molecule has 0 aromatic heterocycles. The summed E-state index contributed by atoms with van der Waals surface area (Å²) >= 11 is 0. The maximum atomic E-state index is 14.8. The van der Waals surface area contributed by atoms with Crippen LogP contribution in [0.2, 0.25) is 0 Å². The fourth-order valence-electron chi connectivity index (χ4n) is 4.08. The predicted molar refractivity (Wildman–Crippen MR) is 146 cm³/mol. The number of hydrogen-bond acceptors (Lipinski definition) is 4. The molecule has 3 rings (SSSR count). The zero-order chi connectivity index (χ0) is 27.9. The molecule has 38 heavy (non-hydrogen) atoms. The van der Waals surface area contributed by atoms with Gasteiger partial charge in [-0.2, -0.15) is 12.7 Å². The van der Waals surface area contributed by atoms with E-state index in [-0.39, 0.29) is 18.7 Å². The summed E-state index contributed by atoms with van der Waals surface area (Å²) in [6.07, 6.45) is 0.207. The van der Waals surface area contributed by atoms with E-state index in [0.29, 0.717) is 0 Å². The van der Waals surface area contributed by atoms with E-state index in [1.165, 1.54) is 44.2 Å². The van der Waals surface area contributed by atoms with E-state index in [2.05, 4.69) is 5.32 Å². The Hall–Kier alpha value is -3.76. The van der Waals surface area contributed by atoms with Crippen LogP contribution >= 0.6 is 0 Å². The molecule has 1 atom stereocenters. The molecule has 0 aliphatic carbocycles. The first kappa shape index (κ1) is 28.8. The van der Waals surface area contributed by atoms with Crippen molar-refractivity contribution in [1.82, 2.24) is 14.5 Å². The summed E-state index contributed by atoms with van der Waals surface area (Å²) in [6.45, 7) is 1.27. The molecule has 202 valence electrons. The van der Waals surface area contributed by atoms with E-state index in [1.54, 1.807) is 0 Å². The Labute approximate surface area is 223 Å². The van der Waals surface area contributed by atoms with Gasteiger partial charge in [0.05, 0.1) is 5.69 Å². The van der Waals surface area contributed by atoms with Gasteiger partial charge in [-0.3, -0.25) is 9.59 Å². The fourth-order valence-corrected chi connectivity index (χ4v) is 5.15. The highest BCUT2D eigenvalue weighted by atomic mass is 32.2. The van der Waals surface area contributed by atoms with Crippen LogP contribution in [0.3, 0.4) is 0 Å². The summed E-state index contributed by atoms with van der Waals surface area (Å²) in [5, 5.41) is 2.63. The second kappa shape index (κ2) is 12.7. The maximum absolute atomic E-state index is 14.8. The molecule has 0 spiro atoms. The van der Waals surface area contributed by atoms with Crippen LogP contribution in [-0.4, -0.2) is 63.2 Å². The van der Waals surface area contributed by atoms with Crippen molar-refractivity contribution in [3.63, 3.8) is 0 Å².